The fourth-order valence-electron chi connectivity index (χ4n) is 1.92. The largest absolute Gasteiger partial charge is 0.495 e. The Kier molecular flexibility index (Phi) is 5.28. The van der Waals surface area contributed by atoms with E-state index in [1.165, 1.54) is 11.3 Å². The lowest BCUT2D eigenvalue weighted by atomic mass is 10.1. The van der Waals surface area contributed by atoms with E-state index >= 15 is 0 Å². The Morgan fingerprint density at radius 1 is 1.17 bits per heavy atom. The van der Waals surface area contributed by atoms with E-state index in [9.17, 15) is 0 Å². The Morgan fingerprint density at radius 3 is 2.33 bits per heavy atom. The topological polar surface area (TPSA) is 41.7 Å². The fraction of sp³-hybridized carbons (Fsp3) is 0.571. The molecule has 0 fully saturated rings. The molecule has 4 heteroatoms. The Morgan fingerprint density at radius 2 is 1.83 bits per heavy atom. The Labute approximate surface area is 110 Å². The second-order valence-electron chi connectivity index (χ2n) is 4.80. The lowest BCUT2D eigenvalue weighted by Gasteiger charge is -2.25. The quantitative estimate of drug-likeness (QED) is 0.783. The molecule has 1 rings (SSSR count). The van der Waals surface area contributed by atoms with Gasteiger partial charge in [-0.3, -0.25) is 0 Å². The molecule has 0 aliphatic heterocycles. The lowest BCUT2D eigenvalue weighted by Crippen LogP contribution is -2.29. The highest BCUT2D eigenvalue weighted by Gasteiger charge is 2.11. The molecule has 0 saturated heterocycles. The van der Waals surface area contributed by atoms with Gasteiger partial charge >= 0.3 is 0 Å². The van der Waals surface area contributed by atoms with Crippen LogP contribution in [0.4, 0.5) is 11.4 Å². The van der Waals surface area contributed by atoms with Gasteiger partial charge in [0.05, 0.1) is 12.8 Å². The number of hydrogen-bond donors (Lipinski definition) is 1. The van der Waals surface area contributed by atoms with E-state index in [0.29, 0.717) is 5.69 Å². The van der Waals surface area contributed by atoms with E-state index in [-0.39, 0.29) is 0 Å². The zero-order chi connectivity index (χ0) is 13.7. The summed E-state index contributed by atoms with van der Waals surface area (Å²) in [4.78, 5) is 4.43. The number of hydrogen-bond acceptors (Lipinski definition) is 4. The third kappa shape index (κ3) is 3.53. The first-order valence-corrected chi connectivity index (χ1v) is 6.31. The average molecular weight is 251 g/mol. The Balaban J connectivity index is 2.97. The van der Waals surface area contributed by atoms with E-state index in [1.54, 1.807) is 7.11 Å². The summed E-state index contributed by atoms with van der Waals surface area (Å²) in [5.41, 5.74) is 9.11. The van der Waals surface area contributed by atoms with E-state index in [2.05, 4.69) is 37.9 Å². The summed E-state index contributed by atoms with van der Waals surface area (Å²) in [6.07, 6.45) is 0.968. The number of anilines is 2. The summed E-state index contributed by atoms with van der Waals surface area (Å²) in [5.74, 6) is 0.749. The molecule has 0 aliphatic carbocycles. The van der Waals surface area contributed by atoms with Gasteiger partial charge < -0.3 is 20.3 Å². The van der Waals surface area contributed by atoms with Gasteiger partial charge in [-0.25, -0.2) is 0 Å². The monoisotopic (exact) mass is 251 g/mol. The molecule has 1 aromatic carbocycles. The highest BCUT2D eigenvalue weighted by molar-refractivity contribution is 5.66. The number of nitrogens with two attached hydrogens (primary N) is 1. The van der Waals surface area contributed by atoms with Gasteiger partial charge in [-0.1, -0.05) is 6.92 Å². The van der Waals surface area contributed by atoms with Gasteiger partial charge in [-0.2, -0.15) is 0 Å². The molecule has 0 bridgehead atoms. The van der Waals surface area contributed by atoms with Crippen LogP contribution < -0.4 is 15.4 Å². The maximum atomic E-state index is 5.95. The maximum absolute atomic E-state index is 5.95. The molecular weight excluding hydrogens is 226 g/mol. The van der Waals surface area contributed by atoms with Crippen LogP contribution in [0.15, 0.2) is 12.1 Å². The number of nitrogens with zero attached hydrogens (tertiary/aromatic N) is 2. The summed E-state index contributed by atoms with van der Waals surface area (Å²) in [5, 5.41) is 0. The minimum Gasteiger partial charge on any atom is -0.495 e. The molecule has 0 radical (unpaired) electrons. The molecular formula is C14H25N3O. The molecule has 0 amide bonds. The van der Waals surface area contributed by atoms with Gasteiger partial charge in [-0.05, 0) is 32.1 Å². The number of aryl methyl sites for hydroxylation is 1. The van der Waals surface area contributed by atoms with Crippen molar-refractivity contribution in [2.24, 2.45) is 0 Å². The smallest absolute Gasteiger partial charge is 0.143 e. The Bertz CT molecular complexity index is 391. The van der Waals surface area contributed by atoms with Crippen molar-refractivity contribution in [3.05, 3.63) is 17.7 Å². The van der Waals surface area contributed by atoms with Gasteiger partial charge in [0.25, 0.3) is 0 Å². The van der Waals surface area contributed by atoms with Crippen molar-refractivity contribution in [2.45, 2.75) is 13.3 Å². The second kappa shape index (κ2) is 6.50. The molecule has 0 atom stereocenters. The molecule has 18 heavy (non-hydrogen) atoms. The second-order valence-corrected chi connectivity index (χ2v) is 4.80. The zero-order valence-corrected chi connectivity index (χ0v) is 12.2. The van der Waals surface area contributed by atoms with Gasteiger partial charge in [0.15, 0.2) is 0 Å². The molecule has 102 valence electrons. The van der Waals surface area contributed by atoms with Crippen LogP contribution in [0.5, 0.6) is 5.75 Å². The number of rotatable bonds is 6. The first-order valence-electron chi connectivity index (χ1n) is 6.31. The first kappa shape index (κ1) is 14.6. The van der Waals surface area contributed by atoms with Crippen molar-refractivity contribution in [3.63, 3.8) is 0 Å². The van der Waals surface area contributed by atoms with Crippen LogP contribution in [0, 0.1) is 0 Å². The minimum atomic E-state index is 0.708. The average Bonchev–Trinajstić information content (AvgIpc) is 2.35. The van der Waals surface area contributed by atoms with Crippen LogP contribution in [0.3, 0.4) is 0 Å². The van der Waals surface area contributed by atoms with Crippen molar-refractivity contribution in [2.75, 3.05) is 52.0 Å². The number of likely N-dealkylation sites (N-methyl/N-ethyl adjacent to an activating group) is 2. The summed E-state index contributed by atoms with van der Waals surface area (Å²) < 4.78 is 5.30. The van der Waals surface area contributed by atoms with E-state index in [1.807, 2.05) is 12.1 Å². The molecule has 2 N–H and O–H groups in total. The number of benzene rings is 1. The van der Waals surface area contributed by atoms with Crippen molar-refractivity contribution < 1.29 is 4.74 Å². The molecule has 4 nitrogen and oxygen atoms in total. The van der Waals surface area contributed by atoms with Crippen LogP contribution in [-0.2, 0) is 6.42 Å². The molecule has 0 saturated carbocycles. The van der Waals surface area contributed by atoms with Gasteiger partial charge in [-0.15, -0.1) is 0 Å². The van der Waals surface area contributed by atoms with E-state index in [0.717, 1.165) is 25.3 Å². The minimum absolute atomic E-state index is 0.708. The normalized spacial score (nSPS) is 10.8. The zero-order valence-electron chi connectivity index (χ0n) is 12.2. The summed E-state index contributed by atoms with van der Waals surface area (Å²) in [7, 11) is 7.92. The molecule has 1 aromatic rings. The van der Waals surface area contributed by atoms with Crippen molar-refractivity contribution in [3.8, 4) is 5.75 Å². The highest BCUT2D eigenvalue weighted by atomic mass is 16.5. The van der Waals surface area contributed by atoms with Gasteiger partial charge in [0.2, 0.25) is 0 Å². The molecule has 0 aromatic heterocycles. The van der Waals surface area contributed by atoms with Crippen molar-refractivity contribution in [1.82, 2.24) is 4.90 Å². The maximum Gasteiger partial charge on any atom is 0.143 e. The highest BCUT2D eigenvalue weighted by Crippen LogP contribution is 2.31. The van der Waals surface area contributed by atoms with Crippen LogP contribution in [-0.4, -0.2) is 46.2 Å². The predicted molar refractivity (Wildman–Crippen MR) is 78.6 cm³/mol. The van der Waals surface area contributed by atoms with Crippen molar-refractivity contribution in [1.29, 1.82) is 0 Å². The van der Waals surface area contributed by atoms with E-state index < -0.39 is 0 Å². The number of methoxy groups -OCH3 is 1. The molecule has 0 heterocycles. The number of nitrogen functional groups attached to an aromatic ring is 1. The third-order valence-corrected chi connectivity index (χ3v) is 3.11. The fourth-order valence-corrected chi connectivity index (χ4v) is 1.92. The predicted octanol–water partition coefficient (Wildman–Crippen LogP) is 1.84. The summed E-state index contributed by atoms with van der Waals surface area (Å²) in [6.45, 7) is 4.14. The van der Waals surface area contributed by atoms with Crippen LogP contribution in [0.25, 0.3) is 0 Å². The number of ether oxygens (including phenoxy) is 1. The van der Waals surface area contributed by atoms with Crippen LogP contribution in [0.2, 0.25) is 0 Å². The van der Waals surface area contributed by atoms with Gasteiger partial charge in [0, 0.05) is 31.9 Å². The Hall–Kier alpha value is -1.42. The standard InChI is InChI=1S/C14H25N3O/c1-6-11-9-12(15)14(18-5)10-13(11)17(4)8-7-16(2)3/h9-10H,6-8,15H2,1-5H3. The first-order chi connectivity index (χ1) is 8.49. The van der Waals surface area contributed by atoms with Crippen LogP contribution in [0.1, 0.15) is 12.5 Å². The summed E-state index contributed by atoms with van der Waals surface area (Å²) >= 11 is 0. The molecule has 0 spiro atoms. The third-order valence-electron chi connectivity index (χ3n) is 3.11. The van der Waals surface area contributed by atoms with Crippen LogP contribution >= 0.6 is 0 Å². The molecule has 0 aliphatic rings. The SMILES string of the molecule is CCc1cc(N)c(OC)cc1N(C)CCN(C)C. The lowest BCUT2D eigenvalue weighted by molar-refractivity contribution is 0.413. The van der Waals surface area contributed by atoms with E-state index in [4.69, 9.17) is 10.5 Å². The molecule has 0 unspecified atom stereocenters. The summed E-state index contributed by atoms with van der Waals surface area (Å²) in [6, 6.07) is 4.05. The van der Waals surface area contributed by atoms with Crippen molar-refractivity contribution >= 4 is 11.4 Å². The van der Waals surface area contributed by atoms with Gasteiger partial charge in [0.1, 0.15) is 5.75 Å².